The van der Waals surface area contributed by atoms with Crippen molar-refractivity contribution < 1.29 is 4.79 Å². The SMILES string of the molecule is Cc1c(C(=O)NC2C3CC4CC(C3)CC2C4)cnn1-c1ccccc1. The van der Waals surface area contributed by atoms with E-state index in [0.29, 0.717) is 23.4 Å². The van der Waals surface area contributed by atoms with E-state index < -0.39 is 0 Å². The number of rotatable bonds is 3. The molecular weight excluding hydrogens is 310 g/mol. The van der Waals surface area contributed by atoms with Gasteiger partial charge in [-0.15, -0.1) is 0 Å². The van der Waals surface area contributed by atoms with Gasteiger partial charge in [0.1, 0.15) is 0 Å². The summed E-state index contributed by atoms with van der Waals surface area (Å²) in [7, 11) is 0. The second kappa shape index (κ2) is 5.72. The molecule has 4 heteroatoms. The van der Waals surface area contributed by atoms with E-state index in [1.54, 1.807) is 6.20 Å². The van der Waals surface area contributed by atoms with Gasteiger partial charge in [0.2, 0.25) is 0 Å². The lowest BCUT2D eigenvalue weighted by atomic mass is 9.54. The van der Waals surface area contributed by atoms with Crippen LogP contribution < -0.4 is 5.32 Å². The second-order valence-corrected chi connectivity index (χ2v) is 8.32. The minimum absolute atomic E-state index is 0.0529. The summed E-state index contributed by atoms with van der Waals surface area (Å²) in [6, 6.07) is 10.4. The first kappa shape index (κ1) is 15.2. The van der Waals surface area contributed by atoms with Crippen LogP contribution in [0.3, 0.4) is 0 Å². The molecule has 0 unspecified atom stereocenters. The fourth-order valence-corrected chi connectivity index (χ4v) is 5.85. The molecule has 1 amide bonds. The zero-order valence-corrected chi connectivity index (χ0v) is 14.7. The van der Waals surface area contributed by atoms with Crippen molar-refractivity contribution in [3.8, 4) is 5.69 Å². The highest BCUT2D eigenvalue weighted by atomic mass is 16.1. The summed E-state index contributed by atoms with van der Waals surface area (Å²) < 4.78 is 1.85. The van der Waals surface area contributed by atoms with Gasteiger partial charge in [0.25, 0.3) is 5.91 Å². The van der Waals surface area contributed by atoms with Gasteiger partial charge < -0.3 is 5.32 Å². The number of amides is 1. The van der Waals surface area contributed by atoms with E-state index in [9.17, 15) is 4.79 Å². The number of aromatic nitrogens is 2. The molecule has 1 aromatic heterocycles. The second-order valence-electron chi connectivity index (χ2n) is 8.32. The molecule has 0 spiro atoms. The standard InChI is InChI=1S/C21H25N3O/c1-13-19(12-22-24(13)18-5-3-2-4-6-18)21(25)23-20-16-8-14-7-15(10-16)11-17(20)9-14/h2-6,12,14-17,20H,7-11H2,1H3,(H,23,25). The maximum absolute atomic E-state index is 12.9. The number of nitrogens with one attached hydrogen (secondary N) is 1. The average molecular weight is 335 g/mol. The van der Waals surface area contributed by atoms with Crippen molar-refractivity contribution in [1.29, 1.82) is 0 Å². The lowest BCUT2D eigenvalue weighted by Gasteiger charge is -2.54. The molecule has 1 aromatic carbocycles. The van der Waals surface area contributed by atoms with E-state index in [4.69, 9.17) is 0 Å². The minimum Gasteiger partial charge on any atom is -0.349 e. The van der Waals surface area contributed by atoms with Crippen molar-refractivity contribution in [2.75, 3.05) is 0 Å². The molecule has 0 radical (unpaired) electrons. The third-order valence-corrected chi connectivity index (χ3v) is 6.78. The van der Waals surface area contributed by atoms with Gasteiger partial charge in [-0.05, 0) is 74.8 Å². The summed E-state index contributed by atoms with van der Waals surface area (Å²) in [4.78, 5) is 12.9. The average Bonchev–Trinajstić information content (AvgIpc) is 3.00. The van der Waals surface area contributed by atoms with E-state index in [1.807, 2.05) is 41.9 Å². The Bertz CT molecular complexity index is 767. The lowest BCUT2D eigenvalue weighted by molar-refractivity contribution is -0.0119. The Morgan fingerprint density at radius 1 is 1.04 bits per heavy atom. The monoisotopic (exact) mass is 335 g/mol. The topological polar surface area (TPSA) is 46.9 Å². The quantitative estimate of drug-likeness (QED) is 0.929. The summed E-state index contributed by atoms with van der Waals surface area (Å²) in [6.45, 7) is 1.98. The normalized spacial score (nSPS) is 32.8. The van der Waals surface area contributed by atoms with E-state index >= 15 is 0 Å². The van der Waals surface area contributed by atoms with E-state index in [0.717, 1.165) is 23.2 Å². The van der Waals surface area contributed by atoms with Crippen LogP contribution in [-0.2, 0) is 0 Å². The Hall–Kier alpha value is -2.10. The zero-order valence-electron chi connectivity index (χ0n) is 14.7. The van der Waals surface area contributed by atoms with Crippen LogP contribution in [0.15, 0.2) is 36.5 Å². The van der Waals surface area contributed by atoms with Crippen LogP contribution in [0.5, 0.6) is 0 Å². The minimum atomic E-state index is 0.0529. The van der Waals surface area contributed by atoms with E-state index in [2.05, 4.69) is 10.4 Å². The third kappa shape index (κ3) is 2.50. The molecule has 0 saturated heterocycles. The number of hydrogen-bond acceptors (Lipinski definition) is 2. The molecule has 4 bridgehead atoms. The lowest BCUT2D eigenvalue weighted by Crippen LogP contribution is -2.55. The molecule has 4 aliphatic carbocycles. The maximum atomic E-state index is 12.9. The number of carbonyl (C=O) groups excluding carboxylic acids is 1. The van der Waals surface area contributed by atoms with Gasteiger partial charge in [0.15, 0.2) is 0 Å². The molecular formula is C21H25N3O. The molecule has 0 atom stereocenters. The zero-order chi connectivity index (χ0) is 17.0. The van der Waals surface area contributed by atoms with Crippen LogP contribution in [0.2, 0.25) is 0 Å². The number of nitrogens with zero attached hydrogens (tertiary/aromatic N) is 2. The van der Waals surface area contributed by atoms with Crippen LogP contribution in [0, 0.1) is 30.6 Å². The number of para-hydroxylation sites is 1. The number of benzene rings is 1. The predicted octanol–water partition coefficient (Wildman–Crippen LogP) is 3.74. The first-order valence-corrected chi connectivity index (χ1v) is 9.60. The van der Waals surface area contributed by atoms with Crippen LogP contribution in [0.4, 0.5) is 0 Å². The Morgan fingerprint density at radius 2 is 1.68 bits per heavy atom. The molecule has 1 N–H and O–H groups in total. The number of hydrogen-bond donors (Lipinski definition) is 1. The maximum Gasteiger partial charge on any atom is 0.254 e. The molecule has 25 heavy (non-hydrogen) atoms. The molecule has 4 fully saturated rings. The van der Waals surface area contributed by atoms with Gasteiger partial charge in [0.05, 0.1) is 23.1 Å². The summed E-state index contributed by atoms with van der Waals surface area (Å²) >= 11 is 0. The first-order chi connectivity index (χ1) is 12.2. The van der Waals surface area contributed by atoms with Gasteiger partial charge in [0, 0.05) is 6.04 Å². The van der Waals surface area contributed by atoms with Crippen molar-refractivity contribution in [2.45, 2.75) is 45.1 Å². The van der Waals surface area contributed by atoms with Crippen molar-refractivity contribution in [3.05, 3.63) is 47.8 Å². The largest absolute Gasteiger partial charge is 0.349 e. The summed E-state index contributed by atoms with van der Waals surface area (Å²) in [5.41, 5.74) is 2.61. The van der Waals surface area contributed by atoms with Crippen molar-refractivity contribution in [2.24, 2.45) is 23.7 Å². The molecule has 4 aliphatic rings. The smallest absolute Gasteiger partial charge is 0.254 e. The summed E-state index contributed by atoms with van der Waals surface area (Å²) in [6.07, 6.45) is 8.44. The molecule has 4 nitrogen and oxygen atoms in total. The van der Waals surface area contributed by atoms with Crippen LogP contribution >= 0.6 is 0 Å². The van der Waals surface area contributed by atoms with Gasteiger partial charge in [-0.3, -0.25) is 4.79 Å². The van der Waals surface area contributed by atoms with Crippen LogP contribution in [0.25, 0.3) is 5.69 Å². The van der Waals surface area contributed by atoms with Crippen LogP contribution in [-0.4, -0.2) is 21.7 Å². The first-order valence-electron chi connectivity index (χ1n) is 9.60. The Labute approximate surface area is 148 Å². The van der Waals surface area contributed by atoms with Crippen LogP contribution in [0.1, 0.15) is 48.2 Å². The molecule has 130 valence electrons. The van der Waals surface area contributed by atoms with Gasteiger partial charge >= 0.3 is 0 Å². The van der Waals surface area contributed by atoms with Gasteiger partial charge in [-0.25, -0.2) is 4.68 Å². The molecule has 1 heterocycles. The summed E-state index contributed by atoms with van der Waals surface area (Å²) in [5.74, 6) is 3.31. The highest BCUT2D eigenvalue weighted by molar-refractivity contribution is 5.95. The Morgan fingerprint density at radius 3 is 2.32 bits per heavy atom. The highest BCUT2D eigenvalue weighted by Gasteiger charge is 2.48. The Kier molecular flexibility index (Phi) is 3.47. The van der Waals surface area contributed by atoms with Gasteiger partial charge in [-0.1, -0.05) is 18.2 Å². The van der Waals surface area contributed by atoms with Crippen molar-refractivity contribution in [1.82, 2.24) is 15.1 Å². The van der Waals surface area contributed by atoms with Crippen molar-refractivity contribution >= 4 is 5.91 Å². The highest BCUT2D eigenvalue weighted by Crippen LogP contribution is 2.53. The van der Waals surface area contributed by atoms with E-state index in [-0.39, 0.29) is 5.91 Å². The third-order valence-electron chi connectivity index (χ3n) is 6.78. The van der Waals surface area contributed by atoms with E-state index in [1.165, 1.54) is 32.1 Å². The van der Waals surface area contributed by atoms with Gasteiger partial charge in [-0.2, -0.15) is 5.10 Å². The Balaban J connectivity index is 1.36. The molecule has 4 saturated carbocycles. The van der Waals surface area contributed by atoms with Crippen molar-refractivity contribution in [3.63, 3.8) is 0 Å². The molecule has 0 aliphatic heterocycles. The fraction of sp³-hybridized carbons (Fsp3) is 0.524. The fourth-order valence-electron chi connectivity index (χ4n) is 5.85. The number of carbonyl (C=O) groups is 1. The molecule has 6 rings (SSSR count). The predicted molar refractivity (Wildman–Crippen MR) is 96.6 cm³/mol. The molecule has 2 aromatic rings. The summed E-state index contributed by atoms with van der Waals surface area (Å²) in [5, 5.41) is 7.84.